The zero-order valence-electron chi connectivity index (χ0n) is 21.5. The average Bonchev–Trinajstić information content (AvgIpc) is 2.98. The van der Waals surface area contributed by atoms with Crippen molar-refractivity contribution in [2.24, 2.45) is 5.73 Å². The van der Waals surface area contributed by atoms with E-state index in [0.29, 0.717) is 47.5 Å². The molecule has 3 aromatic carbocycles. The van der Waals surface area contributed by atoms with Crippen LogP contribution in [0.5, 0.6) is 11.5 Å². The van der Waals surface area contributed by atoms with Crippen LogP contribution in [0, 0.1) is 22.7 Å². The Kier molecular flexibility index (Phi) is 7.20. The van der Waals surface area contributed by atoms with Crippen molar-refractivity contribution in [2.75, 3.05) is 12.5 Å². The number of anilines is 1. The summed E-state index contributed by atoms with van der Waals surface area (Å²) in [5, 5.41) is 21.3. The Morgan fingerprint density at radius 1 is 1.00 bits per heavy atom. The molecule has 3 N–H and O–H groups in total. The van der Waals surface area contributed by atoms with Gasteiger partial charge in [-0.15, -0.1) is 0 Å². The molecule has 0 saturated heterocycles. The van der Waals surface area contributed by atoms with Crippen LogP contribution in [0.2, 0.25) is 0 Å². The zero-order valence-corrected chi connectivity index (χ0v) is 21.5. The number of hydrogen-bond donors (Lipinski definition) is 2. The van der Waals surface area contributed by atoms with E-state index in [0.717, 1.165) is 16.9 Å². The summed E-state index contributed by atoms with van der Waals surface area (Å²) in [6, 6.07) is 26.6. The Hall–Kier alpha value is -5.21. The quantitative estimate of drug-likeness (QED) is 0.434. The molecule has 0 fully saturated rings. The zero-order chi connectivity index (χ0) is 27.4. The maximum atomic E-state index is 13.4. The third-order valence-electron chi connectivity index (χ3n) is 6.97. The molecule has 1 unspecified atom stereocenters. The molecule has 194 valence electrons. The third-order valence-corrected chi connectivity index (χ3v) is 6.97. The van der Waals surface area contributed by atoms with E-state index in [9.17, 15) is 15.3 Å². The second kappa shape index (κ2) is 11.0. The molecule has 0 spiro atoms. The molecular formula is C31H27N5O3. The number of methoxy groups -OCH3 is 1. The van der Waals surface area contributed by atoms with E-state index < -0.39 is 5.92 Å². The first-order valence-electron chi connectivity index (χ1n) is 12.6. The number of ketones is 1. The standard InChI is InChI=1S/C31H27N5O3/c1-38-28-16-20(14-15-27(28)39-19-22-9-6-5-8-21(22)17-32)29-24(18-33)31(34)36(35-23-10-3-2-4-11-23)25-12-7-13-26(37)30(25)29/h2-6,8-11,14-16,29,35H,7,12-13,19,34H2,1H3. The minimum atomic E-state index is -0.631. The molecule has 5 rings (SSSR count). The molecule has 0 amide bonds. The van der Waals surface area contributed by atoms with Gasteiger partial charge in [0, 0.05) is 23.3 Å². The van der Waals surface area contributed by atoms with Crippen LogP contribution in [-0.2, 0) is 11.4 Å². The van der Waals surface area contributed by atoms with Crippen LogP contribution in [0.1, 0.15) is 41.9 Å². The van der Waals surface area contributed by atoms with E-state index in [4.69, 9.17) is 15.2 Å². The van der Waals surface area contributed by atoms with Crippen LogP contribution in [0.4, 0.5) is 5.69 Å². The van der Waals surface area contributed by atoms with Crippen LogP contribution < -0.4 is 20.6 Å². The highest BCUT2D eigenvalue weighted by molar-refractivity contribution is 6.00. The second-order valence-electron chi connectivity index (χ2n) is 9.26. The van der Waals surface area contributed by atoms with Crippen molar-refractivity contribution in [2.45, 2.75) is 31.8 Å². The molecule has 1 atom stereocenters. The number of carbonyl (C=O) groups is 1. The number of nitrogens with zero attached hydrogens (tertiary/aromatic N) is 3. The maximum Gasteiger partial charge on any atom is 0.161 e. The topological polar surface area (TPSA) is 124 Å². The minimum Gasteiger partial charge on any atom is -0.493 e. The number of nitrogens with two attached hydrogens (primary N) is 1. The number of nitrogens with one attached hydrogen (secondary N) is 1. The summed E-state index contributed by atoms with van der Waals surface area (Å²) >= 11 is 0. The van der Waals surface area contributed by atoms with E-state index in [1.165, 1.54) is 7.11 Å². The van der Waals surface area contributed by atoms with Crippen molar-refractivity contribution >= 4 is 11.5 Å². The van der Waals surface area contributed by atoms with Gasteiger partial charge in [-0.3, -0.25) is 10.2 Å². The smallest absolute Gasteiger partial charge is 0.161 e. The Labute approximate surface area is 227 Å². The third kappa shape index (κ3) is 4.88. The van der Waals surface area contributed by atoms with Gasteiger partial charge in [0.15, 0.2) is 17.3 Å². The number of ether oxygens (including phenoxy) is 2. The van der Waals surface area contributed by atoms with E-state index in [2.05, 4.69) is 17.6 Å². The van der Waals surface area contributed by atoms with E-state index in [1.807, 2.05) is 48.5 Å². The predicted octanol–water partition coefficient (Wildman–Crippen LogP) is 5.27. The monoisotopic (exact) mass is 517 g/mol. The largest absolute Gasteiger partial charge is 0.493 e. The van der Waals surface area contributed by atoms with Crippen molar-refractivity contribution in [1.82, 2.24) is 5.01 Å². The number of nitriles is 2. The van der Waals surface area contributed by atoms with Gasteiger partial charge in [-0.1, -0.05) is 42.5 Å². The number of hydrogen-bond acceptors (Lipinski definition) is 8. The summed E-state index contributed by atoms with van der Waals surface area (Å²) in [6.45, 7) is 0.188. The van der Waals surface area contributed by atoms with Gasteiger partial charge in [-0.2, -0.15) is 10.5 Å². The molecule has 0 saturated carbocycles. The molecule has 8 nitrogen and oxygen atoms in total. The second-order valence-corrected chi connectivity index (χ2v) is 9.26. The maximum absolute atomic E-state index is 13.4. The highest BCUT2D eigenvalue weighted by atomic mass is 16.5. The van der Waals surface area contributed by atoms with E-state index in [-0.39, 0.29) is 23.8 Å². The molecular weight excluding hydrogens is 490 g/mol. The Morgan fingerprint density at radius 3 is 2.51 bits per heavy atom. The summed E-state index contributed by atoms with van der Waals surface area (Å²) in [6.07, 6.45) is 1.75. The number of hydrazine groups is 1. The summed E-state index contributed by atoms with van der Waals surface area (Å²) in [4.78, 5) is 13.4. The molecule has 39 heavy (non-hydrogen) atoms. The minimum absolute atomic E-state index is 0.00577. The highest BCUT2D eigenvalue weighted by Crippen LogP contribution is 2.46. The van der Waals surface area contributed by atoms with Crippen molar-refractivity contribution in [3.8, 4) is 23.6 Å². The molecule has 2 aliphatic rings. The van der Waals surface area contributed by atoms with Gasteiger partial charge in [-0.05, 0) is 48.7 Å². The molecule has 0 bridgehead atoms. The lowest BCUT2D eigenvalue weighted by Crippen LogP contribution is -2.41. The van der Waals surface area contributed by atoms with Crippen LogP contribution in [0.15, 0.2) is 95.5 Å². The van der Waals surface area contributed by atoms with Crippen molar-refractivity contribution in [1.29, 1.82) is 10.5 Å². The van der Waals surface area contributed by atoms with Gasteiger partial charge in [0.2, 0.25) is 0 Å². The number of rotatable bonds is 7. The number of allylic oxidation sites excluding steroid dienone is 3. The summed E-state index contributed by atoms with van der Waals surface area (Å²) in [5.74, 6) is 0.555. The summed E-state index contributed by atoms with van der Waals surface area (Å²) < 4.78 is 11.6. The highest BCUT2D eigenvalue weighted by Gasteiger charge is 2.40. The normalized spacial score (nSPS) is 16.7. The van der Waals surface area contributed by atoms with Crippen LogP contribution in [0.3, 0.4) is 0 Å². The van der Waals surface area contributed by atoms with Gasteiger partial charge in [-0.25, -0.2) is 5.01 Å². The van der Waals surface area contributed by atoms with Crippen LogP contribution >= 0.6 is 0 Å². The fourth-order valence-corrected chi connectivity index (χ4v) is 5.08. The molecule has 1 heterocycles. The molecule has 1 aliphatic heterocycles. The SMILES string of the molecule is COc1cc(C2C(C#N)=C(N)N(Nc3ccccc3)C3=C2C(=O)CCC3)ccc1OCc1ccccc1C#N. The van der Waals surface area contributed by atoms with E-state index in [1.54, 1.807) is 29.3 Å². The number of carbonyl (C=O) groups excluding carboxylic acids is 1. The lowest BCUT2D eigenvalue weighted by molar-refractivity contribution is -0.116. The predicted molar refractivity (Wildman–Crippen MR) is 146 cm³/mol. The Morgan fingerprint density at radius 2 is 1.77 bits per heavy atom. The molecule has 0 radical (unpaired) electrons. The van der Waals surface area contributed by atoms with Gasteiger partial charge in [0.05, 0.1) is 42.0 Å². The molecule has 1 aliphatic carbocycles. The first-order valence-corrected chi connectivity index (χ1v) is 12.6. The van der Waals surface area contributed by atoms with Gasteiger partial charge >= 0.3 is 0 Å². The lowest BCUT2D eigenvalue weighted by Gasteiger charge is -2.39. The fourth-order valence-electron chi connectivity index (χ4n) is 5.08. The van der Waals surface area contributed by atoms with Gasteiger partial charge in [0.25, 0.3) is 0 Å². The Balaban J connectivity index is 1.52. The summed E-state index contributed by atoms with van der Waals surface area (Å²) in [5.41, 5.74) is 14.3. The summed E-state index contributed by atoms with van der Waals surface area (Å²) in [7, 11) is 1.54. The average molecular weight is 518 g/mol. The first-order chi connectivity index (χ1) is 19.0. The first kappa shape index (κ1) is 25.4. The van der Waals surface area contributed by atoms with Crippen molar-refractivity contribution in [3.05, 3.63) is 112 Å². The van der Waals surface area contributed by atoms with Crippen LogP contribution in [0.25, 0.3) is 0 Å². The number of Topliss-reactive ketones (excluding diaryl/α,β-unsaturated/α-hetero) is 1. The Bertz CT molecular complexity index is 1560. The number of para-hydroxylation sites is 1. The van der Waals surface area contributed by atoms with Gasteiger partial charge < -0.3 is 15.2 Å². The molecule has 3 aromatic rings. The fraction of sp³-hybridized carbons (Fsp3) is 0.194. The number of benzene rings is 3. The van der Waals surface area contributed by atoms with Crippen LogP contribution in [-0.4, -0.2) is 17.9 Å². The lowest BCUT2D eigenvalue weighted by atomic mass is 9.76. The molecule has 0 aromatic heterocycles. The van der Waals surface area contributed by atoms with Crippen molar-refractivity contribution < 1.29 is 14.3 Å². The van der Waals surface area contributed by atoms with Gasteiger partial charge in [0.1, 0.15) is 12.4 Å². The molecule has 8 heteroatoms. The van der Waals surface area contributed by atoms with Crippen molar-refractivity contribution in [3.63, 3.8) is 0 Å². The van der Waals surface area contributed by atoms with E-state index >= 15 is 0 Å².